The van der Waals surface area contributed by atoms with Gasteiger partial charge in [0, 0.05) is 30.9 Å². The molecule has 0 amide bonds. The van der Waals surface area contributed by atoms with Crippen LogP contribution in [0.5, 0.6) is 0 Å². The van der Waals surface area contributed by atoms with Gasteiger partial charge in [-0.25, -0.2) is 18.1 Å². The third-order valence-corrected chi connectivity index (χ3v) is 5.04. The molecule has 0 aromatic carbocycles. The summed E-state index contributed by atoms with van der Waals surface area (Å²) in [4.78, 5) is 20.3. The second-order valence-corrected chi connectivity index (χ2v) is 7.73. The molecule has 8 heteroatoms. The molecule has 0 spiro atoms. The number of nitrogens with zero attached hydrogens (tertiary/aromatic N) is 2. The van der Waals surface area contributed by atoms with Gasteiger partial charge >= 0.3 is 0 Å². The highest BCUT2D eigenvalue weighted by atomic mass is 32.2. The maximum Gasteiger partial charge on any atom is 0.252 e. The summed E-state index contributed by atoms with van der Waals surface area (Å²) in [6, 6.07) is 1.29. The van der Waals surface area contributed by atoms with Gasteiger partial charge in [0.25, 0.3) is 5.56 Å². The summed E-state index contributed by atoms with van der Waals surface area (Å²) in [5.41, 5.74) is 0.457. The summed E-state index contributed by atoms with van der Waals surface area (Å²) in [7, 11) is -3.26. The molecule has 21 heavy (non-hydrogen) atoms. The Kier molecular flexibility index (Phi) is 4.67. The first-order valence-electron chi connectivity index (χ1n) is 7.08. The van der Waals surface area contributed by atoms with Crippen LogP contribution in [0.15, 0.2) is 10.9 Å². The van der Waals surface area contributed by atoms with Crippen LogP contribution in [0.25, 0.3) is 0 Å². The molecule has 2 N–H and O–H groups in total. The van der Waals surface area contributed by atoms with Gasteiger partial charge in [-0.15, -0.1) is 0 Å². The SMILES string of the molecule is Cc1cc(=O)[nH]c(N2CCC(NS(=O)(=O)CC(C)C)C2)n1. The van der Waals surface area contributed by atoms with E-state index in [-0.39, 0.29) is 23.3 Å². The molecule has 0 aliphatic carbocycles. The van der Waals surface area contributed by atoms with Crippen LogP contribution in [0, 0.1) is 12.8 Å². The van der Waals surface area contributed by atoms with Crippen LogP contribution in [0.1, 0.15) is 26.0 Å². The van der Waals surface area contributed by atoms with Gasteiger partial charge in [0.2, 0.25) is 16.0 Å². The fourth-order valence-electron chi connectivity index (χ4n) is 2.50. The molecule has 1 fully saturated rings. The summed E-state index contributed by atoms with van der Waals surface area (Å²) in [5.74, 6) is 0.726. The molecule has 118 valence electrons. The van der Waals surface area contributed by atoms with E-state index in [1.165, 1.54) is 6.07 Å². The van der Waals surface area contributed by atoms with Crippen LogP contribution < -0.4 is 15.2 Å². The van der Waals surface area contributed by atoms with Gasteiger partial charge in [0.1, 0.15) is 0 Å². The Balaban J connectivity index is 2.02. The van der Waals surface area contributed by atoms with Crippen LogP contribution in [-0.2, 0) is 10.0 Å². The van der Waals surface area contributed by atoms with Gasteiger partial charge in [-0.05, 0) is 19.3 Å². The predicted molar refractivity (Wildman–Crippen MR) is 82.0 cm³/mol. The Bertz CT molecular complexity index is 654. The van der Waals surface area contributed by atoms with Gasteiger partial charge in [-0.2, -0.15) is 0 Å². The lowest BCUT2D eigenvalue weighted by atomic mass is 10.3. The summed E-state index contributed by atoms with van der Waals surface area (Å²) in [5, 5.41) is 0. The molecule has 0 radical (unpaired) electrons. The largest absolute Gasteiger partial charge is 0.341 e. The molecule has 1 unspecified atom stereocenters. The van der Waals surface area contributed by atoms with Crippen molar-refractivity contribution in [1.82, 2.24) is 14.7 Å². The van der Waals surface area contributed by atoms with E-state index >= 15 is 0 Å². The van der Waals surface area contributed by atoms with Crippen molar-refractivity contribution < 1.29 is 8.42 Å². The Hall–Kier alpha value is -1.41. The van der Waals surface area contributed by atoms with Gasteiger partial charge in [0.05, 0.1) is 5.75 Å². The topological polar surface area (TPSA) is 95.2 Å². The molecule has 1 aromatic rings. The summed E-state index contributed by atoms with van der Waals surface area (Å²) in [6.07, 6.45) is 0.703. The second kappa shape index (κ2) is 6.15. The minimum Gasteiger partial charge on any atom is -0.341 e. The normalized spacial score (nSPS) is 19.4. The zero-order valence-electron chi connectivity index (χ0n) is 12.6. The number of aryl methyl sites for hydroxylation is 1. The molecule has 0 saturated carbocycles. The molecular weight excluding hydrogens is 292 g/mol. The van der Waals surface area contributed by atoms with Gasteiger partial charge in [-0.3, -0.25) is 9.78 Å². The third-order valence-electron chi connectivity index (χ3n) is 3.24. The fraction of sp³-hybridized carbons (Fsp3) is 0.692. The zero-order valence-corrected chi connectivity index (χ0v) is 13.4. The molecule has 2 heterocycles. The van der Waals surface area contributed by atoms with Crippen molar-refractivity contribution in [3.05, 3.63) is 22.1 Å². The van der Waals surface area contributed by atoms with E-state index in [4.69, 9.17) is 0 Å². The van der Waals surface area contributed by atoms with Crippen molar-refractivity contribution in [1.29, 1.82) is 0 Å². The average molecular weight is 314 g/mol. The highest BCUT2D eigenvalue weighted by Gasteiger charge is 2.28. The minimum absolute atomic E-state index is 0.0924. The van der Waals surface area contributed by atoms with E-state index in [0.29, 0.717) is 31.2 Å². The van der Waals surface area contributed by atoms with Crippen molar-refractivity contribution in [3.8, 4) is 0 Å². The van der Waals surface area contributed by atoms with E-state index in [1.54, 1.807) is 6.92 Å². The van der Waals surface area contributed by atoms with Crippen LogP contribution >= 0.6 is 0 Å². The number of hydrogen-bond donors (Lipinski definition) is 2. The van der Waals surface area contributed by atoms with Crippen molar-refractivity contribution in [2.75, 3.05) is 23.7 Å². The first kappa shape index (κ1) is 16.0. The lowest BCUT2D eigenvalue weighted by molar-refractivity contribution is 0.549. The molecule has 1 saturated heterocycles. The number of anilines is 1. The monoisotopic (exact) mass is 314 g/mol. The third kappa shape index (κ3) is 4.53. The number of aromatic nitrogens is 2. The number of hydrogen-bond acceptors (Lipinski definition) is 5. The summed E-state index contributed by atoms with van der Waals surface area (Å²) < 4.78 is 26.6. The van der Waals surface area contributed by atoms with E-state index in [2.05, 4.69) is 14.7 Å². The molecule has 1 aromatic heterocycles. The number of sulfonamides is 1. The molecular formula is C13H22N4O3S. The van der Waals surface area contributed by atoms with Crippen LogP contribution in [0.4, 0.5) is 5.95 Å². The second-order valence-electron chi connectivity index (χ2n) is 5.94. The van der Waals surface area contributed by atoms with E-state index in [1.807, 2.05) is 18.7 Å². The average Bonchev–Trinajstić information content (AvgIpc) is 2.73. The Labute approximate surface area is 124 Å². The molecule has 1 atom stereocenters. The quantitative estimate of drug-likeness (QED) is 0.811. The van der Waals surface area contributed by atoms with Crippen LogP contribution in [-0.4, -0.2) is 43.3 Å². The maximum absolute atomic E-state index is 11.9. The van der Waals surface area contributed by atoms with Crippen molar-refractivity contribution in [2.45, 2.75) is 33.2 Å². The van der Waals surface area contributed by atoms with Gasteiger partial charge < -0.3 is 4.90 Å². The Morgan fingerprint density at radius 3 is 2.86 bits per heavy atom. The first-order valence-corrected chi connectivity index (χ1v) is 8.73. The van der Waals surface area contributed by atoms with Crippen molar-refractivity contribution >= 4 is 16.0 Å². The smallest absolute Gasteiger partial charge is 0.252 e. The summed E-state index contributed by atoms with van der Waals surface area (Å²) >= 11 is 0. The van der Waals surface area contributed by atoms with Crippen LogP contribution in [0.3, 0.4) is 0 Å². The number of aromatic amines is 1. The van der Waals surface area contributed by atoms with Crippen LogP contribution in [0.2, 0.25) is 0 Å². The fourth-order valence-corrected chi connectivity index (χ4v) is 4.18. The molecule has 0 bridgehead atoms. The van der Waals surface area contributed by atoms with Gasteiger partial charge in [-0.1, -0.05) is 13.8 Å². The first-order chi connectivity index (χ1) is 9.75. The molecule has 1 aliphatic rings. The zero-order chi connectivity index (χ0) is 15.6. The Morgan fingerprint density at radius 2 is 2.24 bits per heavy atom. The highest BCUT2D eigenvalue weighted by Crippen LogP contribution is 2.16. The molecule has 2 rings (SSSR count). The molecule has 1 aliphatic heterocycles. The summed E-state index contributed by atoms with van der Waals surface area (Å²) in [6.45, 7) is 6.70. The maximum atomic E-state index is 11.9. The molecule has 7 nitrogen and oxygen atoms in total. The Morgan fingerprint density at radius 1 is 1.52 bits per heavy atom. The number of rotatable bonds is 5. The van der Waals surface area contributed by atoms with E-state index in [0.717, 1.165) is 0 Å². The number of nitrogens with one attached hydrogen (secondary N) is 2. The van der Waals surface area contributed by atoms with Gasteiger partial charge in [0.15, 0.2) is 0 Å². The predicted octanol–water partition coefficient (Wildman–Crippen LogP) is 0.232. The highest BCUT2D eigenvalue weighted by molar-refractivity contribution is 7.89. The lowest BCUT2D eigenvalue weighted by Gasteiger charge is -2.18. The van der Waals surface area contributed by atoms with Crippen molar-refractivity contribution in [2.24, 2.45) is 5.92 Å². The van der Waals surface area contributed by atoms with Crippen molar-refractivity contribution in [3.63, 3.8) is 0 Å². The van der Waals surface area contributed by atoms with E-state index in [9.17, 15) is 13.2 Å². The minimum atomic E-state index is -3.26. The number of H-pyrrole nitrogens is 1. The van der Waals surface area contributed by atoms with E-state index < -0.39 is 10.0 Å². The standard InChI is InChI=1S/C13H22N4O3S/c1-9(2)8-21(19,20)16-11-4-5-17(7-11)13-14-10(3)6-12(18)15-13/h6,9,11,16H,4-5,7-8H2,1-3H3,(H,14,15,18). The lowest BCUT2D eigenvalue weighted by Crippen LogP contribution is -2.39.